The second-order valence-electron chi connectivity index (χ2n) is 3.89. The summed E-state index contributed by atoms with van der Waals surface area (Å²) in [5.41, 5.74) is 0. The Labute approximate surface area is 89.0 Å². The van der Waals surface area contributed by atoms with Gasteiger partial charge in [-0.3, -0.25) is 4.79 Å². The largest absolute Gasteiger partial charge is 0.467 e. The molecule has 4 heteroatoms. The van der Waals surface area contributed by atoms with Crippen LogP contribution in [-0.4, -0.2) is 18.5 Å². The summed E-state index contributed by atoms with van der Waals surface area (Å²) in [4.78, 5) is 11.7. The Kier molecular flexibility index (Phi) is 3.06. The number of furan rings is 1. The molecule has 2 rings (SSSR count). The van der Waals surface area contributed by atoms with E-state index in [1.807, 2.05) is 19.1 Å². The molecule has 1 aromatic rings. The van der Waals surface area contributed by atoms with Gasteiger partial charge in [0.2, 0.25) is 5.91 Å². The predicted octanol–water partition coefficient (Wildman–Crippen LogP) is 1.21. The van der Waals surface area contributed by atoms with Crippen molar-refractivity contribution in [3.63, 3.8) is 0 Å². The smallest absolute Gasteiger partial charge is 0.237 e. The molecule has 1 aliphatic rings. The van der Waals surface area contributed by atoms with Gasteiger partial charge in [0.1, 0.15) is 5.76 Å². The van der Waals surface area contributed by atoms with E-state index in [4.69, 9.17) is 4.42 Å². The van der Waals surface area contributed by atoms with Gasteiger partial charge in [0.25, 0.3) is 0 Å². The summed E-state index contributed by atoms with van der Waals surface area (Å²) in [5, 5.41) is 6.09. The quantitative estimate of drug-likeness (QED) is 0.785. The maximum atomic E-state index is 11.7. The van der Waals surface area contributed by atoms with Crippen LogP contribution in [0.4, 0.5) is 0 Å². The minimum absolute atomic E-state index is 0.0255. The van der Waals surface area contributed by atoms with Crippen molar-refractivity contribution in [2.45, 2.75) is 31.8 Å². The van der Waals surface area contributed by atoms with Crippen LogP contribution >= 0.6 is 0 Å². The van der Waals surface area contributed by atoms with Gasteiger partial charge in [-0.25, -0.2) is 0 Å². The van der Waals surface area contributed by atoms with Gasteiger partial charge in [-0.2, -0.15) is 0 Å². The first-order chi connectivity index (χ1) is 7.27. The summed E-state index contributed by atoms with van der Waals surface area (Å²) in [7, 11) is 0. The maximum Gasteiger partial charge on any atom is 0.237 e. The zero-order chi connectivity index (χ0) is 10.7. The molecule has 1 fully saturated rings. The van der Waals surface area contributed by atoms with E-state index in [0.29, 0.717) is 0 Å². The normalized spacial score (nSPS) is 22.6. The predicted molar refractivity (Wildman–Crippen MR) is 56.3 cm³/mol. The van der Waals surface area contributed by atoms with Crippen molar-refractivity contribution in [1.82, 2.24) is 10.6 Å². The van der Waals surface area contributed by atoms with Crippen molar-refractivity contribution < 1.29 is 9.21 Å². The summed E-state index contributed by atoms with van der Waals surface area (Å²) in [5.74, 6) is 0.859. The molecule has 2 atom stereocenters. The van der Waals surface area contributed by atoms with E-state index in [9.17, 15) is 4.79 Å². The van der Waals surface area contributed by atoms with Crippen molar-refractivity contribution in [3.8, 4) is 0 Å². The van der Waals surface area contributed by atoms with E-state index in [1.165, 1.54) is 0 Å². The summed E-state index contributed by atoms with van der Waals surface area (Å²) in [6, 6.07) is 3.61. The van der Waals surface area contributed by atoms with E-state index in [2.05, 4.69) is 10.6 Å². The lowest BCUT2D eigenvalue weighted by Gasteiger charge is -2.15. The van der Waals surface area contributed by atoms with E-state index in [0.717, 1.165) is 25.1 Å². The first kappa shape index (κ1) is 10.2. The van der Waals surface area contributed by atoms with Crippen LogP contribution in [0.2, 0.25) is 0 Å². The van der Waals surface area contributed by atoms with Gasteiger partial charge in [0.15, 0.2) is 0 Å². The molecule has 1 amide bonds. The molecule has 15 heavy (non-hydrogen) atoms. The van der Waals surface area contributed by atoms with Crippen LogP contribution < -0.4 is 10.6 Å². The fourth-order valence-electron chi connectivity index (χ4n) is 1.83. The average Bonchev–Trinajstić information content (AvgIpc) is 2.91. The van der Waals surface area contributed by atoms with Crippen molar-refractivity contribution in [1.29, 1.82) is 0 Å². The van der Waals surface area contributed by atoms with Gasteiger partial charge in [-0.05, 0) is 38.4 Å². The lowest BCUT2D eigenvalue weighted by Crippen LogP contribution is -2.41. The molecule has 0 aliphatic carbocycles. The molecule has 1 saturated heterocycles. The van der Waals surface area contributed by atoms with E-state index in [1.54, 1.807) is 6.26 Å². The van der Waals surface area contributed by atoms with Crippen molar-refractivity contribution in [2.75, 3.05) is 6.54 Å². The van der Waals surface area contributed by atoms with Crippen molar-refractivity contribution in [3.05, 3.63) is 24.2 Å². The second-order valence-corrected chi connectivity index (χ2v) is 3.89. The molecular formula is C11H16N2O2. The Morgan fingerprint density at radius 3 is 3.20 bits per heavy atom. The zero-order valence-electron chi connectivity index (χ0n) is 8.82. The van der Waals surface area contributed by atoms with Crippen LogP contribution in [0, 0.1) is 0 Å². The molecule has 82 valence electrons. The Morgan fingerprint density at radius 2 is 2.60 bits per heavy atom. The zero-order valence-corrected chi connectivity index (χ0v) is 8.82. The van der Waals surface area contributed by atoms with Crippen LogP contribution in [0.3, 0.4) is 0 Å². The molecule has 0 bridgehead atoms. The molecular weight excluding hydrogens is 192 g/mol. The maximum absolute atomic E-state index is 11.7. The molecule has 0 unspecified atom stereocenters. The lowest BCUT2D eigenvalue weighted by atomic mass is 10.2. The fraction of sp³-hybridized carbons (Fsp3) is 0.545. The standard InChI is InChI=1S/C11H16N2O2/c1-8(10-5-3-7-15-10)13-11(14)9-4-2-6-12-9/h3,5,7-9,12H,2,4,6H2,1H3,(H,13,14)/t8-,9+/m1/s1. The van der Waals surface area contributed by atoms with Crippen LogP contribution in [0.15, 0.2) is 22.8 Å². The summed E-state index contributed by atoms with van der Waals surface area (Å²) >= 11 is 0. The molecule has 2 N–H and O–H groups in total. The minimum Gasteiger partial charge on any atom is -0.467 e. The third kappa shape index (κ3) is 2.39. The number of carbonyl (C=O) groups is 1. The van der Waals surface area contributed by atoms with Crippen molar-refractivity contribution >= 4 is 5.91 Å². The number of hydrogen-bond donors (Lipinski definition) is 2. The highest BCUT2D eigenvalue weighted by Crippen LogP contribution is 2.13. The Balaban J connectivity index is 1.88. The SMILES string of the molecule is C[C@@H](NC(=O)[C@@H]1CCCN1)c1ccco1. The molecule has 0 aromatic carbocycles. The molecule has 0 saturated carbocycles. The van der Waals surface area contributed by atoms with Crippen LogP contribution in [-0.2, 0) is 4.79 Å². The van der Waals surface area contributed by atoms with Crippen LogP contribution in [0.5, 0.6) is 0 Å². The highest BCUT2D eigenvalue weighted by molar-refractivity contribution is 5.82. The van der Waals surface area contributed by atoms with Gasteiger partial charge in [-0.1, -0.05) is 0 Å². The number of hydrogen-bond acceptors (Lipinski definition) is 3. The number of amides is 1. The van der Waals surface area contributed by atoms with E-state index >= 15 is 0 Å². The number of rotatable bonds is 3. The Hall–Kier alpha value is -1.29. The van der Waals surface area contributed by atoms with Gasteiger partial charge >= 0.3 is 0 Å². The fourth-order valence-corrected chi connectivity index (χ4v) is 1.83. The van der Waals surface area contributed by atoms with Crippen LogP contribution in [0.1, 0.15) is 31.6 Å². The first-order valence-corrected chi connectivity index (χ1v) is 5.34. The molecule has 0 radical (unpaired) electrons. The summed E-state index contributed by atoms with van der Waals surface area (Å²) in [6.07, 6.45) is 3.62. The molecule has 0 spiro atoms. The highest BCUT2D eigenvalue weighted by Gasteiger charge is 2.23. The molecule has 4 nitrogen and oxygen atoms in total. The highest BCUT2D eigenvalue weighted by atomic mass is 16.3. The van der Waals surface area contributed by atoms with Gasteiger partial charge in [0.05, 0.1) is 18.3 Å². The summed E-state index contributed by atoms with van der Waals surface area (Å²) in [6.45, 7) is 2.86. The third-order valence-electron chi connectivity index (χ3n) is 2.71. The Morgan fingerprint density at radius 1 is 1.73 bits per heavy atom. The van der Waals surface area contributed by atoms with Gasteiger partial charge in [0, 0.05) is 0 Å². The second kappa shape index (κ2) is 4.49. The number of carbonyl (C=O) groups excluding carboxylic acids is 1. The summed E-state index contributed by atoms with van der Waals surface area (Å²) < 4.78 is 5.22. The minimum atomic E-state index is -0.0603. The monoisotopic (exact) mass is 208 g/mol. The average molecular weight is 208 g/mol. The first-order valence-electron chi connectivity index (χ1n) is 5.34. The van der Waals surface area contributed by atoms with Crippen molar-refractivity contribution in [2.24, 2.45) is 0 Å². The van der Waals surface area contributed by atoms with Crippen LogP contribution in [0.25, 0.3) is 0 Å². The lowest BCUT2D eigenvalue weighted by molar-refractivity contribution is -0.123. The number of nitrogens with one attached hydrogen (secondary N) is 2. The van der Waals surface area contributed by atoms with Gasteiger partial charge < -0.3 is 15.1 Å². The molecule has 2 heterocycles. The van der Waals surface area contributed by atoms with Gasteiger partial charge in [-0.15, -0.1) is 0 Å². The molecule has 1 aromatic heterocycles. The molecule has 1 aliphatic heterocycles. The Bertz CT molecular complexity index is 315. The van der Waals surface area contributed by atoms with E-state index in [-0.39, 0.29) is 18.0 Å². The third-order valence-corrected chi connectivity index (χ3v) is 2.71. The van der Waals surface area contributed by atoms with E-state index < -0.39 is 0 Å². The topological polar surface area (TPSA) is 54.3 Å².